The summed E-state index contributed by atoms with van der Waals surface area (Å²) in [6.45, 7) is 9.26. The molecule has 0 unspecified atom stereocenters. The molecule has 1 N–H and O–H groups in total. The zero-order valence-electron chi connectivity index (χ0n) is 13.4. The molecule has 1 fully saturated rings. The van der Waals surface area contributed by atoms with Crippen molar-refractivity contribution in [2.24, 2.45) is 5.92 Å². The number of fused-ring (bicyclic) bond motifs is 1. The van der Waals surface area contributed by atoms with E-state index in [1.54, 1.807) is 0 Å². The summed E-state index contributed by atoms with van der Waals surface area (Å²) in [5.41, 5.74) is 3.71. The third-order valence-corrected chi connectivity index (χ3v) is 4.39. The van der Waals surface area contributed by atoms with Crippen molar-refractivity contribution in [2.75, 3.05) is 26.2 Å². The maximum Gasteiger partial charge on any atom is 0.309 e. The summed E-state index contributed by atoms with van der Waals surface area (Å²) >= 11 is 0. The molecule has 4 nitrogen and oxygen atoms in total. The van der Waals surface area contributed by atoms with E-state index in [1.807, 2.05) is 0 Å². The number of likely N-dealkylation sites (tertiary alicyclic amines) is 1. The number of hydrogen-bond acceptors (Lipinski definition) is 3. The fourth-order valence-corrected chi connectivity index (χ4v) is 2.91. The molecule has 2 aliphatic heterocycles. The van der Waals surface area contributed by atoms with Gasteiger partial charge in [-0.15, -0.1) is 0 Å². The molecule has 1 saturated heterocycles. The molecule has 1 aromatic carbocycles. The summed E-state index contributed by atoms with van der Waals surface area (Å²) in [6, 6.07) is 6.41. The fraction of sp³-hybridized carbons (Fsp3) is 0.500. The molecular weight excluding hydrogens is 278 g/mol. The summed E-state index contributed by atoms with van der Waals surface area (Å²) in [4.78, 5) is 13.0. The third kappa shape index (κ3) is 3.02. The predicted molar refractivity (Wildman–Crippen MR) is 86.2 cm³/mol. The quantitative estimate of drug-likeness (QED) is 0.932. The first kappa shape index (κ1) is 15.1. The molecule has 0 radical (unpaired) electrons. The van der Waals surface area contributed by atoms with Crippen LogP contribution < -0.4 is 4.74 Å². The van der Waals surface area contributed by atoms with Gasteiger partial charge in [0.1, 0.15) is 12.4 Å². The van der Waals surface area contributed by atoms with Gasteiger partial charge in [-0.3, -0.25) is 9.69 Å². The highest BCUT2D eigenvalue weighted by Crippen LogP contribution is 2.32. The standard InChI is InChI=1S/C18H23NO3/c1-18(2,3)15-5-4-13-6-12(11-22-16(13)7-15)8-19-9-14(10-19)17(20)21/h4-7,14H,8-11H2,1-3H3,(H,20,21). The van der Waals surface area contributed by atoms with Crippen LogP contribution in [-0.4, -0.2) is 42.2 Å². The Balaban J connectivity index is 1.68. The number of carboxylic acids is 1. The molecule has 0 spiro atoms. The fourth-order valence-electron chi connectivity index (χ4n) is 2.91. The van der Waals surface area contributed by atoms with Gasteiger partial charge < -0.3 is 9.84 Å². The van der Waals surface area contributed by atoms with Crippen LogP contribution in [0.4, 0.5) is 0 Å². The number of benzene rings is 1. The molecule has 0 amide bonds. The molecule has 3 rings (SSSR count). The van der Waals surface area contributed by atoms with Crippen molar-refractivity contribution < 1.29 is 14.6 Å². The lowest BCUT2D eigenvalue weighted by Crippen LogP contribution is -2.51. The minimum Gasteiger partial charge on any atom is -0.489 e. The predicted octanol–water partition coefficient (Wildman–Crippen LogP) is 2.78. The van der Waals surface area contributed by atoms with Crippen LogP contribution >= 0.6 is 0 Å². The number of nitrogens with zero attached hydrogens (tertiary/aromatic N) is 1. The molecule has 0 aliphatic carbocycles. The van der Waals surface area contributed by atoms with Gasteiger partial charge in [-0.25, -0.2) is 0 Å². The van der Waals surface area contributed by atoms with Crippen molar-refractivity contribution in [3.05, 3.63) is 34.9 Å². The van der Waals surface area contributed by atoms with Crippen LogP contribution in [0.25, 0.3) is 6.08 Å². The van der Waals surface area contributed by atoms with E-state index in [0.717, 1.165) is 17.9 Å². The Morgan fingerprint density at radius 1 is 1.36 bits per heavy atom. The summed E-state index contributed by atoms with van der Waals surface area (Å²) < 4.78 is 5.90. The molecule has 0 saturated carbocycles. The molecule has 0 aromatic heterocycles. The van der Waals surface area contributed by atoms with Gasteiger partial charge >= 0.3 is 5.97 Å². The zero-order chi connectivity index (χ0) is 15.9. The summed E-state index contributed by atoms with van der Waals surface area (Å²) in [5, 5.41) is 8.91. The van der Waals surface area contributed by atoms with Gasteiger partial charge in [0.25, 0.3) is 0 Å². The van der Waals surface area contributed by atoms with Crippen LogP contribution in [0.2, 0.25) is 0 Å². The van der Waals surface area contributed by atoms with Gasteiger partial charge in [0.05, 0.1) is 5.92 Å². The van der Waals surface area contributed by atoms with Crippen LogP contribution in [-0.2, 0) is 10.2 Å². The molecule has 2 heterocycles. The van der Waals surface area contributed by atoms with Gasteiger partial charge in [0.2, 0.25) is 0 Å². The first-order chi connectivity index (χ1) is 10.3. The molecule has 4 heteroatoms. The number of carbonyl (C=O) groups is 1. The molecule has 0 atom stereocenters. The third-order valence-electron chi connectivity index (χ3n) is 4.39. The number of ether oxygens (including phenoxy) is 1. The highest BCUT2D eigenvalue weighted by Gasteiger charge is 2.32. The van der Waals surface area contributed by atoms with Gasteiger partial charge in [0, 0.05) is 25.2 Å². The van der Waals surface area contributed by atoms with E-state index in [0.29, 0.717) is 19.7 Å². The van der Waals surface area contributed by atoms with Gasteiger partial charge in [0.15, 0.2) is 0 Å². The number of aliphatic carboxylic acids is 1. The molecule has 22 heavy (non-hydrogen) atoms. The Morgan fingerprint density at radius 3 is 2.73 bits per heavy atom. The SMILES string of the molecule is CC(C)(C)c1ccc2c(c1)OCC(CN1CC(C(=O)O)C1)=C2. The Bertz CT molecular complexity index is 622. The van der Waals surface area contributed by atoms with Crippen molar-refractivity contribution in [3.8, 4) is 5.75 Å². The van der Waals surface area contributed by atoms with Crippen molar-refractivity contribution in [1.82, 2.24) is 4.90 Å². The van der Waals surface area contributed by atoms with E-state index >= 15 is 0 Å². The smallest absolute Gasteiger partial charge is 0.309 e. The van der Waals surface area contributed by atoms with E-state index in [2.05, 4.69) is 49.9 Å². The van der Waals surface area contributed by atoms with Crippen molar-refractivity contribution in [1.29, 1.82) is 0 Å². The second kappa shape index (κ2) is 5.43. The lowest BCUT2D eigenvalue weighted by molar-refractivity contribution is -0.147. The minimum atomic E-state index is -0.690. The lowest BCUT2D eigenvalue weighted by atomic mass is 9.86. The normalized spacial score (nSPS) is 19.0. The van der Waals surface area contributed by atoms with Crippen molar-refractivity contribution >= 4 is 12.0 Å². The molecule has 2 aliphatic rings. The topological polar surface area (TPSA) is 49.8 Å². The molecular formula is C18H23NO3. The van der Waals surface area contributed by atoms with E-state index in [9.17, 15) is 4.79 Å². The number of carboxylic acid groups (broad SMARTS) is 1. The second-order valence-electron chi connectivity index (χ2n) is 7.32. The van der Waals surface area contributed by atoms with E-state index in [4.69, 9.17) is 9.84 Å². The van der Waals surface area contributed by atoms with Crippen LogP contribution in [0.3, 0.4) is 0 Å². The molecule has 0 bridgehead atoms. The Kier molecular flexibility index (Phi) is 3.73. The van der Waals surface area contributed by atoms with Gasteiger partial charge in [-0.05, 0) is 28.7 Å². The van der Waals surface area contributed by atoms with Crippen LogP contribution in [0.15, 0.2) is 23.8 Å². The lowest BCUT2D eigenvalue weighted by Gasteiger charge is -2.37. The largest absolute Gasteiger partial charge is 0.489 e. The van der Waals surface area contributed by atoms with E-state index in [1.165, 1.54) is 11.1 Å². The minimum absolute atomic E-state index is 0.117. The van der Waals surface area contributed by atoms with Crippen LogP contribution in [0.1, 0.15) is 31.9 Å². The molecule has 1 aromatic rings. The summed E-state index contributed by atoms with van der Waals surface area (Å²) in [7, 11) is 0. The zero-order valence-corrected chi connectivity index (χ0v) is 13.4. The Hall–Kier alpha value is -1.81. The number of rotatable bonds is 3. The average Bonchev–Trinajstić information content (AvgIpc) is 2.40. The number of hydrogen-bond donors (Lipinski definition) is 1. The van der Waals surface area contributed by atoms with Crippen molar-refractivity contribution in [2.45, 2.75) is 26.2 Å². The van der Waals surface area contributed by atoms with Crippen LogP contribution in [0, 0.1) is 5.92 Å². The van der Waals surface area contributed by atoms with Gasteiger partial charge in [-0.2, -0.15) is 0 Å². The Morgan fingerprint density at radius 2 is 2.09 bits per heavy atom. The van der Waals surface area contributed by atoms with Gasteiger partial charge in [-0.1, -0.05) is 32.9 Å². The van der Waals surface area contributed by atoms with Crippen molar-refractivity contribution in [3.63, 3.8) is 0 Å². The molecule has 118 valence electrons. The van der Waals surface area contributed by atoms with E-state index in [-0.39, 0.29) is 11.3 Å². The maximum atomic E-state index is 10.8. The van der Waals surface area contributed by atoms with Crippen LogP contribution in [0.5, 0.6) is 5.75 Å². The second-order valence-corrected chi connectivity index (χ2v) is 7.32. The maximum absolute atomic E-state index is 10.8. The first-order valence-corrected chi connectivity index (χ1v) is 7.75. The summed E-state index contributed by atoms with van der Waals surface area (Å²) in [6.07, 6.45) is 2.18. The average molecular weight is 301 g/mol. The first-order valence-electron chi connectivity index (χ1n) is 7.75. The highest BCUT2D eigenvalue weighted by molar-refractivity contribution is 5.71. The Labute approximate surface area is 131 Å². The van der Waals surface area contributed by atoms with E-state index < -0.39 is 5.97 Å². The summed E-state index contributed by atoms with van der Waals surface area (Å²) in [5.74, 6) is 0.0557. The highest BCUT2D eigenvalue weighted by atomic mass is 16.5. The monoisotopic (exact) mass is 301 g/mol.